The Hall–Kier alpha value is 0.310. The molecular formula is C11H24OS. The predicted octanol–water partition coefficient (Wildman–Crippen LogP) is 3.17. The average molecular weight is 204 g/mol. The Morgan fingerprint density at radius 1 is 1.15 bits per heavy atom. The van der Waals surface area contributed by atoms with Crippen molar-refractivity contribution in [2.24, 2.45) is 11.8 Å². The summed E-state index contributed by atoms with van der Waals surface area (Å²) in [6, 6.07) is 0. The zero-order valence-corrected chi connectivity index (χ0v) is 10.6. The second-order valence-corrected chi connectivity index (χ2v) is 6.14. The SMILES string of the molecule is CC(C)C(C)SCC(C)(O)C(C)C. The molecule has 0 amide bonds. The fraction of sp³-hybridized carbons (Fsp3) is 1.00. The maximum atomic E-state index is 10.0. The van der Waals surface area contributed by atoms with Crippen LogP contribution in [-0.4, -0.2) is 21.7 Å². The molecule has 1 nitrogen and oxygen atoms in total. The van der Waals surface area contributed by atoms with Gasteiger partial charge in [-0.15, -0.1) is 0 Å². The van der Waals surface area contributed by atoms with E-state index in [9.17, 15) is 5.11 Å². The lowest BCUT2D eigenvalue weighted by molar-refractivity contribution is 0.0375. The molecule has 0 saturated heterocycles. The highest BCUT2D eigenvalue weighted by molar-refractivity contribution is 7.99. The van der Waals surface area contributed by atoms with Crippen LogP contribution in [-0.2, 0) is 0 Å². The van der Waals surface area contributed by atoms with Crippen LogP contribution in [0.1, 0.15) is 41.5 Å². The molecule has 0 aliphatic rings. The van der Waals surface area contributed by atoms with Crippen molar-refractivity contribution in [3.8, 4) is 0 Å². The molecule has 2 unspecified atom stereocenters. The fourth-order valence-corrected chi connectivity index (χ4v) is 1.98. The van der Waals surface area contributed by atoms with Gasteiger partial charge < -0.3 is 5.11 Å². The molecule has 0 aromatic rings. The van der Waals surface area contributed by atoms with Crippen LogP contribution in [0.2, 0.25) is 0 Å². The van der Waals surface area contributed by atoms with E-state index in [2.05, 4.69) is 34.6 Å². The lowest BCUT2D eigenvalue weighted by atomic mass is 9.95. The van der Waals surface area contributed by atoms with Crippen LogP contribution < -0.4 is 0 Å². The highest BCUT2D eigenvalue weighted by Gasteiger charge is 2.25. The van der Waals surface area contributed by atoms with Gasteiger partial charge >= 0.3 is 0 Å². The molecule has 0 saturated carbocycles. The van der Waals surface area contributed by atoms with Gasteiger partial charge in [0.05, 0.1) is 5.60 Å². The molecular weight excluding hydrogens is 180 g/mol. The molecule has 80 valence electrons. The highest BCUT2D eigenvalue weighted by atomic mass is 32.2. The Morgan fingerprint density at radius 3 is 1.92 bits per heavy atom. The predicted molar refractivity (Wildman–Crippen MR) is 62.2 cm³/mol. The molecule has 0 spiro atoms. The van der Waals surface area contributed by atoms with Gasteiger partial charge in [0.15, 0.2) is 0 Å². The Bertz CT molecular complexity index is 141. The van der Waals surface area contributed by atoms with Crippen LogP contribution in [0.4, 0.5) is 0 Å². The van der Waals surface area contributed by atoms with E-state index >= 15 is 0 Å². The van der Waals surface area contributed by atoms with Crippen LogP contribution in [0, 0.1) is 11.8 Å². The highest BCUT2D eigenvalue weighted by Crippen LogP contribution is 2.26. The van der Waals surface area contributed by atoms with Crippen LogP contribution >= 0.6 is 11.8 Å². The standard InChI is InChI=1S/C11H24OS/c1-8(2)10(5)13-7-11(6,12)9(3)4/h8-10,12H,7H2,1-6H3. The van der Waals surface area contributed by atoms with E-state index in [1.807, 2.05) is 18.7 Å². The molecule has 2 heteroatoms. The third-order valence-corrected chi connectivity index (χ3v) is 4.64. The van der Waals surface area contributed by atoms with Crippen LogP contribution in [0.3, 0.4) is 0 Å². The molecule has 0 aromatic heterocycles. The minimum atomic E-state index is -0.520. The van der Waals surface area contributed by atoms with Gasteiger partial charge in [-0.3, -0.25) is 0 Å². The number of rotatable bonds is 5. The van der Waals surface area contributed by atoms with Gasteiger partial charge in [-0.2, -0.15) is 11.8 Å². The summed E-state index contributed by atoms with van der Waals surface area (Å²) in [5.74, 6) is 1.86. The van der Waals surface area contributed by atoms with Gasteiger partial charge in [0.2, 0.25) is 0 Å². The molecule has 1 N–H and O–H groups in total. The Kier molecular flexibility index (Phi) is 5.38. The molecule has 2 atom stereocenters. The first kappa shape index (κ1) is 13.3. The second-order valence-electron chi connectivity index (χ2n) is 4.77. The van der Waals surface area contributed by atoms with E-state index in [4.69, 9.17) is 0 Å². The average Bonchev–Trinajstić information content (AvgIpc) is 1.99. The first-order valence-corrected chi connectivity index (χ1v) is 6.16. The normalized spacial score (nSPS) is 19.2. The van der Waals surface area contributed by atoms with Crippen molar-refractivity contribution in [2.45, 2.75) is 52.4 Å². The van der Waals surface area contributed by atoms with Gasteiger partial charge in [-0.25, -0.2) is 0 Å². The summed E-state index contributed by atoms with van der Waals surface area (Å²) in [4.78, 5) is 0. The quantitative estimate of drug-likeness (QED) is 0.742. The zero-order valence-electron chi connectivity index (χ0n) is 9.79. The van der Waals surface area contributed by atoms with Crippen molar-refractivity contribution in [1.82, 2.24) is 0 Å². The van der Waals surface area contributed by atoms with E-state index < -0.39 is 5.60 Å². The fourth-order valence-electron chi connectivity index (χ4n) is 0.659. The van der Waals surface area contributed by atoms with Crippen molar-refractivity contribution in [1.29, 1.82) is 0 Å². The van der Waals surface area contributed by atoms with E-state index in [-0.39, 0.29) is 0 Å². The number of hydrogen-bond acceptors (Lipinski definition) is 2. The lowest BCUT2D eigenvalue weighted by Gasteiger charge is -2.29. The van der Waals surface area contributed by atoms with E-state index in [0.717, 1.165) is 5.75 Å². The van der Waals surface area contributed by atoms with Crippen molar-refractivity contribution in [2.75, 3.05) is 5.75 Å². The summed E-state index contributed by atoms with van der Waals surface area (Å²) in [6.07, 6.45) is 0. The van der Waals surface area contributed by atoms with Crippen molar-refractivity contribution < 1.29 is 5.11 Å². The third-order valence-electron chi connectivity index (χ3n) is 2.82. The van der Waals surface area contributed by atoms with Gasteiger partial charge in [-0.1, -0.05) is 34.6 Å². The van der Waals surface area contributed by atoms with Crippen molar-refractivity contribution >= 4 is 11.8 Å². The maximum Gasteiger partial charge on any atom is 0.0732 e. The number of hydrogen-bond donors (Lipinski definition) is 1. The smallest absolute Gasteiger partial charge is 0.0732 e. The van der Waals surface area contributed by atoms with Crippen LogP contribution in [0.15, 0.2) is 0 Å². The maximum absolute atomic E-state index is 10.0. The summed E-state index contributed by atoms with van der Waals surface area (Å²) >= 11 is 1.87. The van der Waals surface area contributed by atoms with E-state index in [1.165, 1.54) is 0 Å². The topological polar surface area (TPSA) is 20.2 Å². The first-order valence-electron chi connectivity index (χ1n) is 5.11. The Morgan fingerprint density at radius 2 is 1.62 bits per heavy atom. The largest absolute Gasteiger partial charge is 0.389 e. The third kappa shape index (κ3) is 4.92. The second kappa shape index (κ2) is 5.26. The minimum Gasteiger partial charge on any atom is -0.389 e. The van der Waals surface area contributed by atoms with Crippen LogP contribution in [0.5, 0.6) is 0 Å². The van der Waals surface area contributed by atoms with E-state index in [0.29, 0.717) is 17.1 Å². The molecule has 0 fully saturated rings. The molecule has 0 heterocycles. The van der Waals surface area contributed by atoms with Gasteiger partial charge in [0.1, 0.15) is 0 Å². The van der Waals surface area contributed by atoms with Crippen LogP contribution in [0.25, 0.3) is 0 Å². The molecule has 0 aliphatic heterocycles. The zero-order chi connectivity index (χ0) is 10.6. The molecule has 13 heavy (non-hydrogen) atoms. The monoisotopic (exact) mass is 204 g/mol. The minimum absolute atomic E-state index is 0.333. The molecule has 0 radical (unpaired) electrons. The Balaban J connectivity index is 3.88. The van der Waals surface area contributed by atoms with Gasteiger partial charge in [0, 0.05) is 11.0 Å². The summed E-state index contributed by atoms with van der Waals surface area (Å²) in [7, 11) is 0. The van der Waals surface area contributed by atoms with Crippen molar-refractivity contribution in [3.63, 3.8) is 0 Å². The number of thioether (sulfide) groups is 1. The Labute approximate surface area is 87.3 Å². The summed E-state index contributed by atoms with van der Waals surface area (Å²) in [6.45, 7) is 12.7. The summed E-state index contributed by atoms with van der Waals surface area (Å²) in [5, 5.41) is 10.6. The molecule has 0 aromatic carbocycles. The summed E-state index contributed by atoms with van der Waals surface area (Å²) < 4.78 is 0. The first-order chi connectivity index (χ1) is 5.77. The van der Waals surface area contributed by atoms with Gasteiger partial charge in [-0.05, 0) is 18.8 Å². The molecule has 0 aliphatic carbocycles. The number of aliphatic hydroxyl groups is 1. The molecule has 0 rings (SSSR count). The van der Waals surface area contributed by atoms with Crippen molar-refractivity contribution in [3.05, 3.63) is 0 Å². The summed E-state index contributed by atoms with van der Waals surface area (Å²) in [5.41, 5.74) is -0.520. The molecule has 0 bridgehead atoms. The van der Waals surface area contributed by atoms with E-state index in [1.54, 1.807) is 0 Å². The van der Waals surface area contributed by atoms with Gasteiger partial charge in [0.25, 0.3) is 0 Å². The lowest BCUT2D eigenvalue weighted by Crippen LogP contribution is -2.34.